The number of carbonyl (C=O) groups excluding carboxylic acids is 1. The second-order valence-electron chi connectivity index (χ2n) is 5.66. The summed E-state index contributed by atoms with van der Waals surface area (Å²) < 4.78 is 2.07. The topological polar surface area (TPSA) is 41.4 Å². The summed E-state index contributed by atoms with van der Waals surface area (Å²) in [4.78, 5) is 15.8. The van der Waals surface area contributed by atoms with Gasteiger partial charge >= 0.3 is 0 Å². The van der Waals surface area contributed by atoms with Gasteiger partial charge in [0.05, 0.1) is 18.8 Å². The molecule has 1 aliphatic heterocycles. The molecule has 1 atom stereocenters. The summed E-state index contributed by atoms with van der Waals surface area (Å²) in [6, 6.07) is 2.53. The SMILES string of the molecule is Cc1cc(C)n(C[C@@H]2CCCN2CC(=O)N(C)C)n1. The first kappa shape index (κ1) is 14.1. The number of rotatable bonds is 4. The van der Waals surface area contributed by atoms with E-state index < -0.39 is 0 Å². The Morgan fingerprint density at radius 2 is 2.21 bits per heavy atom. The van der Waals surface area contributed by atoms with Gasteiger partial charge in [-0.25, -0.2) is 0 Å². The number of hydrogen-bond acceptors (Lipinski definition) is 3. The lowest BCUT2D eigenvalue weighted by molar-refractivity contribution is -0.130. The Balaban J connectivity index is 1.99. The lowest BCUT2D eigenvalue weighted by Gasteiger charge is -2.25. The molecular weight excluding hydrogens is 240 g/mol. The van der Waals surface area contributed by atoms with Gasteiger partial charge in [-0.3, -0.25) is 14.4 Å². The quantitative estimate of drug-likeness (QED) is 0.816. The summed E-state index contributed by atoms with van der Waals surface area (Å²) in [6.45, 7) is 6.54. The van der Waals surface area contributed by atoms with Crippen molar-refractivity contribution in [3.8, 4) is 0 Å². The lowest BCUT2D eigenvalue weighted by atomic mass is 10.2. The Hall–Kier alpha value is -1.36. The Bertz CT molecular complexity index is 452. The summed E-state index contributed by atoms with van der Waals surface area (Å²) >= 11 is 0. The summed E-state index contributed by atoms with van der Waals surface area (Å²) in [6.07, 6.45) is 2.32. The standard InChI is InChI=1S/C14H24N4O/c1-11-8-12(2)18(15-11)9-13-6-5-7-17(13)10-14(19)16(3)4/h8,13H,5-7,9-10H2,1-4H3/t13-/m0/s1. The van der Waals surface area contributed by atoms with E-state index in [1.165, 1.54) is 12.1 Å². The van der Waals surface area contributed by atoms with E-state index in [1.54, 1.807) is 4.90 Å². The molecule has 0 spiro atoms. The monoisotopic (exact) mass is 264 g/mol. The normalized spacial score (nSPS) is 19.9. The molecule has 0 radical (unpaired) electrons. The van der Waals surface area contributed by atoms with Crippen LogP contribution in [0, 0.1) is 13.8 Å². The third-order valence-corrected chi connectivity index (χ3v) is 3.82. The van der Waals surface area contributed by atoms with Gasteiger partial charge in [0, 0.05) is 25.8 Å². The molecule has 0 N–H and O–H groups in total. The zero-order valence-electron chi connectivity index (χ0n) is 12.4. The average molecular weight is 264 g/mol. The second kappa shape index (κ2) is 5.74. The van der Waals surface area contributed by atoms with Gasteiger partial charge in [0.2, 0.25) is 5.91 Å². The Kier molecular flexibility index (Phi) is 4.24. The highest BCUT2D eigenvalue weighted by molar-refractivity contribution is 5.77. The predicted molar refractivity (Wildman–Crippen MR) is 75.0 cm³/mol. The van der Waals surface area contributed by atoms with Crippen LogP contribution in [-0.2, 0) is 11.3 Å². The smallest absolute Gasteiger partial charge is 0.236 e. The maximum Gasteiger partial charge on any atom is 0.236 e. The molecule has 1 aromatic heterocycles. The highest BCUT2D eigenvalue weighted by Crippen LogP contribution is 2.19. The van der Waals surface area contributed by atoms with Crippen LogP contribution in [0.25, 0.3) is 0 Å². The van der Waals surface area contributed by atoms with Crippen molar-refractivity contribution >= 4 is 5.91 Å². The minimum atomic E-state index is 0.181. The number of aromatic nitrogens is 2. The molecule has 5 nitrogen and oxygen atoms in total. The highest BCUT2D eigenvalue weighted by atomic mass is 16.2. The minimum Gasteiger partial charge on any atom is -0.348 e. The van der Waals surface area contributed by atoms with E-state index in [4.69, 9.17) is 0 Å². The molecule has 2 rings (SSSR count). The van der Waals surface area contributed by atoms with E-state index in [2.05, 4.69) is 27.7 Å². The van der Waals surface area contributed by atoms with Crippen LogP contribution in [0.5, 0.6) is 0 Å². The van der Waals surface area contributed by atoms with Gasteiger partial charge in [0.1, 0.15) is 0 Å². The van der Waals surface area contributed by atoms with Crippen molar-refractivity contribution in [1.82, 2.24) is 19.6 Å². The van der Waals surface area contributed by atoms with E-state index >= 15 is 0 Å². The van der Waals surface area contributed by atoms with Crippen LogP contribution in [-0.4, -0.2) is 58.7 Å². The zero-order valence-corrected chi connectivity index (χ0v) is 12.4. The first-order valence-electron chi connectivity index (χ1n) is 6.92. The number of nitrogens with zero attached hydrogens (tertiary/aromatic N) is 4. The van der Waals surface area contributed by atoms with Gasteiger partial charge in [0.25, 0.3) is 0 Å². The van der Waals surface area contributed by atoms with Crippen molar-refractivity contribution in [2.24, 2.45) is 0 Å². The van der Waals surface area contributed by atoms with Crippen molar-refractivity contribution in [3.05, 3.63) is 17.5 Å². The maximum atomic E-state index is 11.8. The molecule has 0 unspecified atom stereocenters. The molecule has 0 aromatic carbocycles. The zero-order chi connectivity index (χ0) is 14.0. The van der Waals surface area contributed by atoms with Crippen LogP contribution >= 0.6 is 0 Å². The molecule has 1 aliphatic rings. The third-order valence-electron chi connectivity index (χ3n) is 3.82. The third kappa shape index (κ3) is 3.35. The van der Waals surface area contributed by atoms with Crippen LogP contribution < -0.4 is 0 Å². The molecule has 0 saturated carbocycles. The molecule has 1 aromatic rings. The van der Waals surface area contributed by atoms with Crippen LogP contribution in [0.15, 0.2) is 6.07 Å². The number of hydrogen-bond donors (Lipinski definition) is 0. The van der Waals surface area contributed by atoms with Gasteiger partial charge in [-0.2, -0.15) is 5.10 Å². The molecule has 106 valence electrons. The number of likely N-dealkylation sites (N-methyl/N-ethyl adjacent to an activating group) is 1. The first-order valence-corrected chi connectivity index (χ1v) is 6.92. The molecule has 1 saturated heterocycles. The van der Waals surface area contributed by atoms with Gasteiger partial charge in [-0.15, -0.1) is 0 Å². The van der Waals surface area contributed by atoms with E-state index in [1.807, 2.05) is 21.0 Å². The number of amides is 1. The molecule has 0 aliphatic carbocycles. The van der Waals surface area contributed by atoms with Crippen LogP contribution in [0.4, 0.5) is 0 Å². The Morgan fingerprint density at radius 1 is 1.47 bits per heavy atom. The predicted octanol–water partition coefficient (Wildman–Crippen LogP) is 1.05. The van der Waals surface area contributed by atoms with Crippen molar-refractivity contribution < 1.29 is 4.79 Å². The van der Waals surface area contributed by atoms with Gasteiger partial charge in [0.15, 0.2) is 0 Å². The van der Waals surface area contributed by atoms with E-state index in [0.29, 0.717) is 12.6 Å². The Morgan fingerprint density at radius 3 is 2.79 bits per heavy atom. The summed E-state index contributed by atoms with van der Waals surface area (Å²) in [5.41, 5.74) is 2.26. The fourth-order valence-electron chi connectivity index (χ4n) is 2.68. The summed E-state index contributed by atoms with van der Waals surface area (Å²) in [7, 11) is 3.63. The average Bonchev–Trinajstić information content (AvgIpc) is 2.87. The second-order valence-corrected chi connectivity index (χ2v) is 5.66. The largest absolute Gasteiger partial charge is 0.348 e. The van der Waals surface area contributed by atoms with E-state index in [-0.39, 0.29) is 5.91 Å². The molecule has 19 heavy (non-hydrogen) atoms. The fraction of sp³-hybridized carbons (Fsp3) is 0.714. The molecule has 2 heterocycles. The van der Waals surface area contributed by atoms with E-state index in [9.17, 15) is 4.79 Å². The fourth-order valence-corrected chi connectivity index (χ4v) is 2.68. The number of likely N-dealkylation sites (tertiary alicyclic amines) is 1. The van der Waals surface area contributed by atoms with Crippen molar-refractivity contribution in [2.45, 2.75) is 39.3 Å². The summed E-state index contributed by atoms with van der Waals surface area (Å²) in [5, 5.41) is 4.52. The Labute approximate surface area is 115 Å². The number of carbonyl (C=O) groups is 1. The van der Waals surface area contributed by atoms with Crippen molar-refractivity contribution in [1.29, 1.82) is 0 Å². The first-order chi connectivity index (χ1) is 8.97. The molecule has 1 amide bonds. The van der Waals surface area contributed by atoms with Gasteiger partial charge in [-0.05, 0) is 39.3 Å². The van der Waals surface area contributed by atoms with Crippen molar-refractivity contribution in [3.63, 3.8) is 0 Å². The van der Waals surface area contributed by atoms with Gasteiger partial charge in [-0.1, -0.05) is 0 Å². The highest BCUT2D eigenvalue weighted by Gasteiger charge is 2.27. The molecular formula is C14H24N4O. The molecule has 5 heteroatoms. The maximum absolute atomic E-state index is 11.8. The lowest BCUT2D eigenvalue weighted by Crippen LogP contribution is -2.41. The van der Waals surface area contributed by atoms with Crippen LogP contribution in [0.2, 0.25) is 0 Å². The number of aryl methyl sites for hydroxylation is 2. The van der Waals surface area contributed by atoms with Crippen LogP contribution in [0.3, 0.4) is 0 Å². The van der Waals surface area contributed by atoms with Gasteiger partial charge < -0.3 is 4.90 Å². The summed E-state index contributed by atoms with van der Waals surface area (Å²) in [5.74, 6) is 0.181. The van der Waals surface area contributed by atoms with E-state index in [0.717, 1.165) is 25.2 Å². The molecule has 1 fully saturated rings. The minimum absolute atomic E-state index is 0.181. The molecule has 0 bridgehead atoms. The van der Waals surface area contributed by atoms with Crippen molar-refractivity contribution in [2.75, 3.05) is 27.2 Å². The van der Waals surface area contributed by atoms with Crippen LogP contribution in [0.1, 0.15) is 24.2 Å².